The lowest BCUT2D eigenvalue weighted by molar-refractivity contribution is 0.414. The van der Waals surface area contributed by atoms with Crippen molar-refractivity contribution in [1.29, 1.82) is 0 Å². The van der Waals surface area contributed by atoms with Crippen molar-refractivity contribution in [1.82, 2.24) is 5.32 Å². The van der Waals surface area contributed by atoms with Crippen LogP contribution in [0.5, 0.6) is 5.75 Å². The molecule has 1 aromatic rings. The van der Waals surface area contributed by atoms with Crippen LogP contribution < -0.4 is 10.1 Å². The van der Waals surface area contributed by atoms with Gasteiger partial charge in [-0.1, -0.05) is 12.1 Å². The fourth-order valence-corrected chi connectivity index (χ4v) is 1.83. The molecule has 2 unspecified atom stereocenters. The lowest BCUT2D eigenvalue weighted by Gasteiger charge is -2.14. The summed E-state index contributed by atoms with van der Waals surface area (Å²) >= 11 is 0. The first-order chi connectivity index (χ1) is 7.63. The lowest BCUT2D eigenvalue weighted by atomic mass is 10.1. The molecule has 16 heavy (non-hydrogen) atoms. The Morgan fingerprint density at radius 3 is 2.50 bits per heavy atom. The van der Waals surface area contributed by atoms with Gasteiger partial charge >= 0.3 is 0 Å². The van der Waals surface area contributed by atoms with Crippen LogP contribution in [-0.2, 0) is 10.8 Å². The molecule has 1 rings (SSSR count). The zero-order valence-corrected chi connectivity index (χ0v) is 10.8. The first-order valence-corrected chi connectivity index (χ1v) is 7.03. The number of methoxy groups -OCH3 is 1. The molecule has 0 saturated carbocycles. The van der Waals surface area contributed by atoms with Gasteiger partial charge in [-0.3, -0.25) is 4.21 Å². The zero-order valence-electron chi connectivity index (χ0n) is 10.0. The highest BCUT2D eigenvalue weighted by atomic mass is 32.2. The number of ether oxygens (including phenoxy) is 1. The fraction of sp³-hybridized carbons (Fsp3) is 0.500. The summed E-state index contributed by atoms with van der Waals surface area (Å²) in [4.78, 5) is 0. The highest BCUT2D eigenvalue weighted by Gasteiger charge is 2.04. The standard InChI is InChI=1S/C12H19NO2S/c1-10(13-8-9-16(3)14)11-4-6-12(15-2)7-5-11/h4-7,10,13H,8-9H2,1-3H3. The van der Waals surface area contributed by atoms with E-state index < -0.39 is 10.8 Å². The van der Waals surface area contributed by atoms with Crippen LogP contribution in [-0.4, -0.2) is 29.9 Å². The maximum Gasteiger partial charge on any atom is 0.118 e. The molecule has 0 bridgehead atoms. The van der Waals surface area contributed by atoms with Gasteiger partial charge in [0, 0.05) is 35.4 Å². The molecule has 4 heteroatoms. The third kappa shape index (κ3) is 4.33. The summed E-state index contributed by atoms with van der Waals surface area (Å²) in [5, 5.41) is 3.33. The van der Waals surface area contributed by atoms with Crippen LogP contribution in [0.1, 0.15) is 18.5 Å². The number of hydrogen-bond donors (Lipinski definition) is 1. The molecule has 0 aliphatic heterocycles. The van der Waals surface area contributed by atoms with Crippen molar-refractivity contribution in [3.05, 3.63) is 29.8 Å². The van der Waals surface area contributed by atoms with Gasteiger partial charge in [-0.15, -0.1) is 0 Å². The second kappa shape index (κ2) is 6.66. The van der Waals surface area contributed by atoms with Crippen LogP contribution in [0.25, 0.3) is 0 Å². The van der Waals surface area contributed by atoms with Crippen molar-refractivity contribution < 1.29 is 8.95 Å². The van der Waals surface area contributed by atoms with Crippen LogP contribution in [0.15, 0.2) is 24.3 Å². The van der Waals surface area contributed by atoms with E-state index in [9.17, 15) is 4.21 Å². The van der Waals surface area contributed by atoms with Crippen LogP contribution >= 0.6 is 0 Å². The van der Waals surface area contributed by atoms with E-state index in [1.54, 1.807) is 13.4 Å². The van der Waals surface area contributed by atoms with E-state index in [-0.39, 0.29) is 6.04 Å². The van der Waals surface area contributed by atoms with Gasteiger partial charge < -0.3 is 10.1 Å². The molecule has 2 atom stereocenters. The molecular weight excluding hydrogens is 222 g/mol. The third-order valence-corrected chi connectivity index (χ3v) is 3.23. The smallest absolute Gasteiger partial charge is 0.118 e. The summed E-state index contributed by atoms with van der Waals surface area (Å²) in [7, 11) is 0.934. The quantitative estimate of drug-likeness (QED) is 0.824. The molecule has 0 aliphatic rings. The van der Waals surface area contributed by atoms with Gasteiger partial charge in [0.2, 0.25) is 0 Å². The largest absolute Gasteiger partial charge is 0.497 e. The Bertz CT molecular complexity index is 337. The molecular formula is C12H19NO2S. The predicted molar refractivity (Wildman–Crippen MR) is 68.3 cm³/mol. The molecule has 0 aliphatic carbocycles. The minimum atomic E-state index is -0.726. The Kier molecular flexibility index (Phi) is 5.49. The molecule has 0 aromatic heterocycles. The summed E-state index contributed by atoms with van der Waals surface area (Å²) in [6.45, 7) is 2.87. The monoisotopic (exact) mass is 241 g/mol. The molecule has 0 saturated heterocycles. The molecule has 0 heterocycles. The Hall–Kier alpha value is -0.870. The Labute approximate surface area is 99.7 Å². The summed E-state index contributed by atoms with van der Waals surface area (Å²) < 4.78 is 16.0. The lowest BCUT2D eigenvalue weighted by Crippen LogP contribution is -2.23. The minimum Gasteiger partial charge on any atom is -0.497 e. The maximum atomic E-state index is 10.9. The van der Waals surface area contributed by atoms with Crippen LogP contribution in [0.3, 0.4) is 0 Å². The molecule has 0 fully saturated rings. The molecule has 90 valence electrons. The molecule has 1 N–H and O–H groups in total. The first-order valence-electron chi connectivity index (χ1n) is 5.31. The summed E-state index contributed by atoms with van der Waals surface area (Å²) in [6, 6.07) is 8.25. The Balaban J connectivity index is 2.45. The average molecular weight is 241 g/mol. The Morgan fingerprint density at radius 1 is 1.38 bits per heavy atom. The maximum absolute atomic E-state index is 10.9. The summed E-state index contributed by atoms with van der Waals surface area (Å²) in [5.41, 5.74) is 1.21. The molecule has 0 radical (unpaired) electrons. The van der Waals surface area contributed by atoms with E-state index >= 15 is 0 Å². The average Bonchev–Trinajstić information content (AvgIpc) is 2.28. The Morgan fingerprint density at radius 2 is 2.00 bits per heavy atom. The molecule has 0 amide bonds. The van der Waals surface area contributed by atoms with Gasteiger partial charge in [-0.25, -0.2) is 0 Å². The number of nitrogens with one attached hydrogen (secondary N) is 1. The fourth-order valence-electron chi connectivity index (χ4n) is 1.43. The van der Waals surface area contributed by atoms with Crippen molar-refractivity contribution >= 4 is 10.8 Å². The number of rotatable bonds is 6. The van der Waals surface area contributed by atoms with E-state index in [1.807, 2.05) is 24.3 Å². The van der Waals surface area contributed by atoms with Gasteiger partial charge in [0.05, 0.1) is 7.11 Å². The number of benzene rings is 1. The van der Waals surface area contributed by atoms with Crippen molar-refractivity contribution in [3.8, 4) is 5.75 Å². The van der Waals surface area contributed by atoms with E-state index in [0.717, 1.165) is 12.3 Å². The van der Waals surface area contributed by atoms with Crippen LogP contribution in [0, 0.1) is 0 Å². The van der Waals surface area contributed by atoms with Gasteiger partial charge in [0.25, 0.3) is 0 Å². The molecule has 0 spiro atoms. The van der Waals surface area contributed by atoms with E-state index in [1.165, 1.54) is 5.56 Å². The van der Waals surface area contributed by atoms with Crippen molar-refractivity contribution in [3.63, 3.8) is 0 Å². The summed E-state index contributed by atoms with van der Waals surface area (Å²) in [6.07, 6.45) is 1.72. The highest BCUT2D eigenvalue weighted by molar-refractivity contribution is 7.84. The second-order valence-electron chi connectivity index (χ2n) is 3.73. The van der Waals surface area contributed by atoms with Crippen LogP contribution in [0.2, 0.25) is 0 Å². The van der Waals surface area contributed by atoms with Gasteiger partial charge in [0.1, 0.15) is 5.75 Å². The van der Waals surface area contributed by atoms with Crippen molar-refractivity contribution in [2.24, 2.45) is 0 Å². The van der Waals surface area contributed by atoms with Crippen molar-refractivity contribution in [2.75, 3.05) is 25.7 Å². The first kappa shape index (κ1) is 13.2. The zero-order chi connectivity index (χ0) is 12.0. The number of hydrogen-bond acceptors (Lipinski definition) is 3. The van der Waals surface area contributed by atoms with Crippen molar-refractivity contribution in [2.45, 2.75) is 13.0 Å². The SMILES string of the molecule is COc1ccc(C(C)NCCS(C)=O)cc1. The van der Waals surface area contributed by atoms with E-state index in [4.69, 9.17) is 4.74 Å². The van der Waals surface area contributed by atoms with E-state index in [0.29, 0.717) is 5.75 Å². The second-order valence-corrected chi connectivity index (χ2v) is 5.28. The summed E-state index contributed by atoms with van der Waals surface area (Å²) in [5.74, 6) is 1.56. The molecule has 1 aromatic carbocycles. The van der Waals surface area contributed by atoms with Gasteiger partial charge in [0.15, 0.2) is 0 Å². The predicted octanol–water partition coefficient (Wildman–Crippen LogP) is 1.72. The van der Waals surface area contributed by atoms with Gasteiger partial charge in [-0.05, 0) is 24.6 Å². The van der Waals surface area contributed by atoms with E-state index in [2.05, 4.69) is 12.2 Å². The normalized spacial score (nSPS) is 14.4. The topological polar surface area (TPSA) is 38.3 Å². The third-order valence-electron chi connectivity index (χ3n) is 2.46. The van der Waals surface area contributed by atoms with Gasteiger partial charge in [-0.2, -0.15) is 0 Å². The minimum absolute atomic E-state index is 0.273. The highest BCUT2D eigenvalue weighted by Crippen LogP contribution is 2.16. The molecule has 3 nitrogen and oxygen atoms in total. The van der Waals surface area contributed by atoms with Crippen LogP contribution in [0.4, 0.5) is 0 Å².